The quantitative estimate of drug-likeness (QED) is 0.640. The van der Waals surface area contributed by atoms with Crippen LogP contribution in [0.25, 0.3) is 10.9 Å². The fraction of sp³-hybridized carbons (Fsp3) is 0.556. The van der Waals surface area contributed by atoms with Gasteiger partial charge in [0.1, 0.15) is 17.6 Å². The molecule has 1 aliphatic heterocycles. The molecule has 12 heteroatoms. The Labute approximate surface area is 165 Å². The highest BCUT2D eigenvalue weighted by Crippen LogP contribution is 2.43. The summed E-state index contributed by atoms with van der Waals surface area (Å²) in [5.41, 5.74) is 3.14. The number of aryl methyl sites for hydroxylation is 1. The van der Waals surface area contributed by atoms with Crippen molar-refractivity contribution in [2.45, 2.75) is 44.2 Å². The standard InChI is InChI=1S/C18H19F5N4O3/c1-6-12-10(16(29)25-17(30)27(12)7-2-3-7)14(28)11(20)13(6)26-4-8(9(19)5-26)15(24)18(21,22)23/h7-9,15,28H,2-5,24H2,1H3,(H,25,29,30). The summed E-state index contributed by atoms with van der Waals surface area (Å²) < 4.78 is 69.6. The van der Waals surface area contributed by atoms with Crippen LogP contribution in [0.15, 0.2) is 9.59 Å². The average molecular weight is 434 g/mol. The highest BCUT2D eigenvalue weighted by Gasteiger charge is 2.49. The fourth-order valence-electron chi connectivity index (χ4n) is 4.25. The number of aromatic hydroxyl groups is 1. The Balaban J connectivity index is 1.90. The van der Waals surface area contributed by atoms with Crippen LogP contribution in [-0.2, 0) is 0 Å². The highest BCUT2D eigenvalue weighted by atomic mass is 19.4. The minimum absolute atomic E-state index is 0.0147. The van der Waals surface area contributed by atoms with Crippen molar-refractivity contribution >= 4 is 16.6 Å². The predicted molar refractivity (Wildman–Crippen MR) is 98.1 cm³/mol. The molecule has 7 nitrogen and oxygen atoms in total. The van der Waals surface area contributed by atoms with E-state index in [2.05, 4.69) is 0 Å². The Morgan fingerprint density at radius 1 is 1.23 bits per heavy atom. The lowest BCUT2D eigenvalue weighted by atomic mass is 9.98. The Morgan fingerprint density at radius 3 is 2.43 bits per heavy atom. The van der Waals surface area contributed by atoms with Gasteiger partial charge in [-0.2, -0.15) is 13.2 Å². The third kappa shape index (κ3) is 3.04. The molecule has 1 saturated heterocycles. The molecular formula is C18H19F5N4O3. The molecule has 0 bridgehead atoms. The number of H-pyrrole nitrogens is 1. The normalized spacial score (nSPS) is 23.4. The molecule has 3 atom stereocenters. The van der Waals surface area contributed by atoms with Crippen LogP contribution in [0.3, 0.4) is 0 Å². The highest BCUT2D eigenvalue weighted by molar-refractivity contribution is 5.92. The number of phenolic OH excluding ortho intramolecular Hbond substituents is 1. The number of fused-ring (bicyclic) bond motifs is 1. The molecule has 4 rings (SSSR count). The zero-order chi connectivity index (χ0) is 22.1. The molecule has 1 saturated carbocycles. The zero-order valence-electron chi connectivity index (χ0n) is 15.8. The first-order valence-corrected chi connectivity index (χ1v) is 9.34. The van der Waals surface area contributed by atoms with Gasteiger partial charge in [0.05, 0.1) is 11.2 Å². The van der Waals surface area contributed by atoms with Crippen LogP contribution in [0.5, 0.6) is 5.75 Å². The van der Waals surface area contributed by atoms with Crippen molar-refractivity contribution in [1.29, 1.82) is 0 Å². The number of hydrogen-bond acceptors (Lipinski definition) is 5. The molecule has 3 unspecified atom stereocenters. The second-order valence-electron chi connectivity index (χ2n) is 7.87. The van der Waals surface area contributed by atoms with E-state index in [1.165, 1.54) is 11.5 Å². The number of nitrogens with one attached hydrogen (secondary N) is 1. The number of hydrogen-bond donors (Lipinski definition) is 3. The van der Waals surface area contributed by atoms with Crippen molar-refractivity contribution in [2.24, 2.45) is 11.7 Å². The first-order chi connectivity index (χ1) is 13.9. The molecule has 1 aromatic heterocycles. The van der Waals surface area contributed by atoms with Crippen LogP contribution < -0.4 is 21.9 Å². The summed E-state index contributed by atoms with van der Waals surface area (Å²) in [5.74, 6) is -3.94. The molecule has 1 aliphatic carbocycles. The average Bonchev–Trinajstić information content (AvgIpc) is 3.40. The van der Waals surface area contributed by atoms with E-state index in [9.17, 15) is 32.3 Å². The third-order valence-corrected chi connectivity index (χ3v) is 5.87. The summed E-state index contributed by atoms with van der Waals surface area (Å²) in [5, 5.41) is 9.93. The van der Waals surface area contributed by atoms with Gasteiger partial charge in [-0.25, -0.2) is 13.6 Å². The molecule has 4 N–H and O–H groups in total. The summed E-state index contributed by atoms with van der Waals surface area (Å²) in [6, 6.07) is -2.70. The molecule has 164 valence electrons. The van der Waals surface area contributed by atoms with Crippen molar-refractivity contribution in [3.63, 3.8) is 0 Å². The first kappa shape index (κ1) is 20.6. The predicted octanol–water partition coefficient (Wildman–Crippen LogP) is 1.84. The number of aromatic amines is 1. The minimum Gasteiger partial charge on any atom is -0.504 e. The smallest absolute Gasteiger partial charge is 0.404 e. The van der Waals surface area contributed by atoms with Gasteiger partial charge in [0.15, 0.2) is 11.6 Å². The number of benzene rings is 1. The second-order valence-corrected chi connectivity index (χ2v) is 7.87. The van der Waals surface area contributed by atoms with Gasteiger partial charge in [0.25, 0.3) is 5.56 Å². The second kappa shape index (κ2) is 6.69. The monoisotopic (exact) mass is 434 g/mol. The topological polar surface area (TPSA) is 104 Å². The Kier molecular flexibility index (Phi) is 4.60. The molecule has 0 spiro atoms. The summed E-state index contributed by atoms with van der Waals surface area (Å²) in [7, 11) is 0. The van der Waals surface area contributed by atoms with Crippen LogP contribution >= 0.6 is 0 Å². The first-order valence-electron chi connectivity index (χ1n) is 9.34. The summed E-state index contributed by atoms with van der Waals surface area (Å²) in [6.45, 7) is 0.262. The lowest BCUT2D eigenvalue weighted by Gasteiger charge is -2.26. The van der Waals surface area contributed by atoms with E-state index in [-0.39, 0.29) is 22.8 Å². The largest absolute Gasteiger partial charge is 0.504 e. The number of anilines is 1. The van der Waals surface area contributed by atoms with Crippen molar-refractivity contribution in [2.75, 3.05) is 18.0 Å². The van der Waals surface area contributed by atoms with E-state index in [0.717, 1.165) is 4.90 Å². The third-order valence-electron chi connectivity index (χ3n) is 5.87. The van der Waals surface area contributed by atoms with Gasteiger partial charge in [-0.3, -0.25) is 14.3 Å². The van der Waals surface area contributed by atoms with Crippen LogP contribution in [0.1, 0.15) is 24.4 Å². The van der Waals surface area contributed by atoms with E-state index in [1.54, 1.807) is 0 Å². The molecule has 2 heterocycles. The number of phenols is 1. The fourth-order valence-corrected chi connectivity index (χ4v) is 4.25. The van der Waals surface area contributed by atoms with Crippen LogP contribution in [0.2, 0.25) is 0 Å². The summed E-state index contributed by atoms with van der Waals surface area (Å²) in [4.78, 5) is 27.7. The van der Waals surface area contributed by atoms with Gasteiger partial charge >= 0.3 is 11.9 Å². The van der Waals surface area contributed by atoms with Gasteiger partial charge in [-0.15, -0.1) is 0 Å². The lowest BCUT2D eigenvalue weighted by Crippen LogP contribution is -2.47. The van der Waals surface area contributed by atoms with Crippen molar-refractivity contribution < 1.29 is 27.1 Å². The molecule has 2 aromatic rings. The molecule has 2 aliphatic rings. The number of rotatable bonds is 3. The van der Waals surface area contributed by atoms with Gasteiger partial charge < -0.3 is 15.7 Å². The number of nitrogens with two attached hydrogens (primary N) is 1. The summed E-state index contributed by atoms with van der Waals surface area (Å²) in [6.07, 6.45) is -5.55. The number of alkyl halides is 4. The van der Waals surface area contributed by atoms with Gasteiger partial charge in [0.2, 0.25) is 0 Å². The van der Waals surface area contributed by atoms with Crippen molar-refractivity contribution in [3.05, 3.63) is 32.2 Å². The maximum Gasteiger partial charge on any atom is 0.404 e. The maximum atomic E-state index is 15.1. The number of halogens is 5. The Morgan fingerprint density at radius 2 is 1.87 bits per heavy atom. The van der Waals surface area contributed by atoms with E-state index in [1.807, 2.05) is 4.98 Å². The molecular weight excluding hydrogens is 415 g/mol. The lowest BCUT2D eigenvalue weighted by molar-refractivity contribution is -0.161. The Bertz CT molecular complexity index is 1140. The van der Waals surface area contributed by atoms with Crippen LogP contribution in [0.4, 0.5) is 27.6 Å². The molecule has 1 aromatic carbocycles. The van der Waals surface area contributed by atoms with E-state index in [4.69, 9.17) is 5.73 Å². The summed E-state index contributed by atoms with van der Waals surface area (Å²) >= 11 is 0. The molecule has 0 amide bonds. The molecule has 0 radical (unpaired) electrons. The van der Waals surface area contributed by atoms with E-state index >= 15 is 4.39 Å². The van der Waals surface area contributed by atoms with Crippen LogP contribution in [0, 0.1) is 18.7 Å². The van der Waals surface area contributed by atoms with Gasteiger partial charge in [0, 0.05) is 30.6 Å². The van der Waals surface area contributed by atoms with Crippen molar-refractivity contribution in [3.8, 4) is 5.75 Å². The van der Waals surface area contributed by atoms with Crippen LogP contribution in [-0.4, -0.2) is 46.1 Å². The van der Waals surface area contributed by atoms with E-state index in [0.29, 0.717) is 12.8 Å². The zero-order valence-corrected chi connectivity index (χ0v) is 15.8. The SMILES string of the molecule is Cc1c(N2CC(F)C(C(N)C(F)(F)F)C2)c(F)c(O)c2c(=O)[nH]c(=O)n(C3CC3)c12. The minimum atomic E-state index is -4.83. The number of aromatic nitrogens is 2. The number of nitrogens with zero attached hydrogens (tertiary/aromatic N) is 2. The van der Waals surface area contributed by atoms with Crippen molar-refractivity contribution in [1.82, 2.24) is 9.55 Å². The molecule has 30 heavy (non-hydrogen) atoms. The van der Waals surface area contributed by atoms with E-state index < -0.39 is 65.6 Å². The van der Waals surface area contributed by atoms with Gasteiger partial charge in [-0.05, 0) is 19.8 Å². The van der Waals surface area contributed by atoms with Gasteiger partial charge in [-0.1, -0.05) is 0 Å². The molecule has 2 fully saturated rings. The maximum absolute atomic E-state index is 15.1. The Hall–Kier alpha value is -2.63.